The van der Waals surface area contributed by atoms with E-state index in [2.05, 4.69) is 0 Å². The van der Waals surface area contributed by atoms with Gasteiger partial charge in [-0.3, -0.25) is 4.79 Å². The molecule has 0 radical (unpaired) electrons. The van der Waals surface area contributed by atoms with Crippen molar-refractivity contribution in [1.82, 2.24) is 4.90 Å². The van der Waals surface area contributed by atoms with Gasteiger partial charge in [-0.1, -0.05) is 11.6 Å². The van der Waals surface area contributed by atoms with Crippen molar-refractivity contribution in [2.24, 2.45) is 0 Å². The van der Waals surface area contributed by atoms with Crippen molar-refractivity contribution in [2.45, 2.75) is 6.43 Å². The van der Waals surface area contributed by atoms with Gasteiger partial charge in [0.2, 0.25) is 0 Å². The summed E-state index contributed by atoms with van der Waals surface area (Å²) in [6.45, 7) is -0.552. The molecule has 7 heteroatoms. The summed E-state index contributed by atoms with van der Waals surface area (Å²) in [5, 5.41) is 0.421. The molecule has 1 rings (SSSR count). The van der Waals surface area contributed by atoms with Gasteiger partial charge in [-0.15, -0.1) is 11.6 Å². The van der Waals surface area contributed by atoms with Crippen LogP contribution in [0.1, 0.15) is 10.4 Å². The molecule has 0 N–H and O–H groups in total. The first kappa shape index (κ1) is 15.9. The minimum atomic E-state index is -2.59. The molecule has 0 bridgehead atoms. The molecule has 0 saturated carbocycles. The lowest BCUT2D eigenvalue weighted by atomic mass is 10.2. The Hall–Kier alpha value is -0.140. The zero-order valence-electron chi connectivity index (χ0n) is 9.18. The predicted octanol–water partition coefficient (Wildman–Crippen LogP) is 3.89. The van der Waals surface area contributed by atoms with E-state index in [0.717, 1.165) is 8.47 Å². The van der Waals surface area contributed by atoms with Crippen LogP contribution >= 0.6 is 45.8 Å². The lowest BCUT2D eigenvalue weighted by Gasteiger charge is -2.21. The minimum absolute atomic E-state index is 0.0777. The van der Waals surface area contributed by atoms with E-state index < -0.39 is 18.9 Å². The van der Waals surface area contributed by atoms with Crippen LogP contribution in [0.25, 0.3) is 0 Å². The van der Waals surface area contributed by atoms with Gasteiger partial charge in [0.25, 0.3) is 12.3 Å². The second kappa shape index (κ2) is 7.45. The fourth-order valence-electron chi connectivity index (χ4n) is 1.36. The first-order valence-electron chi connectivity index (χ1n) is 5.04. The monoisotopic (exact) mass is 407 g/mol. The second-order valence-electron chi connectivity index (χ2n) is 3.46. The molecule has 1 amide bonds. The summed E-state index contributed by atoms with van der Waals surface area (Å²) in [4.78, 5) is 13.0. The smallest absolute Gasteiger partial charge is 0.255 e. The summed E-state index contributed by atoms with van der Waals surface area (Å²) < 4.78 is 25.5. The lowest BCUT2D eigenvalue weighted by molar-refractivity contribution is 0.0571. The molecular formula is C11H10Cl2F2INO. The fourth-order valence-corrected chi connectivity index (χ4v) is 2.08. The molecule has 1 aromatic rings. The molecule has 2 nitrogen and oxygen atoms in total. The molecule has 0 aliphatic carbocycles. The molecule has 0 fully saturated rings. The topological polar surface area (TPSA) is 20.3 Å². The van der Waals surface area contributed by atoms with Crippen molar-refractivity contribution >= 4 is 51.7 Å². The second-order valence-corrected chi connectivity index (χ2v) is 5.41. The molecule has 0 aromatic heterocycles. The molecule has 0 saturated heterocycles. The molecule has 18 heavy (non-hydrogen) atoms. The van der Waals surface area contributed by atoms with Crippen LogP contribution in [-0.2, 0) is 0 Å². The van der Waals surface area contributed by atoms with Gasteiger partial charge in [0.05, 0.1) is 11.6 Å². The number of benzene rings is 1. The Labute approximate surface area is 127 Å². The van der Waals surface area contributed by atoms with Crippen molar-refractivity contribution in [1.29, 1.82) is 0 Å². The van der Waals surface area contributed by atoms with Gasteiger partial charge in [0.15, 0.2) is 0 Å². The number of carbonyl (C=O) groups is 1. The van der Waals surface area contributed by atoms with Crippen LogP contribution in [0.15, 0.2) is 18.2 Å². The Kier molecular flexibility index (Phi) is 6.59. The third-order valence-electron chi connectivity index (χ3n) is 2.17. The van der Waals surface area contributed by atoms with Crippen LogP contribution in [0, 0.1) is 3.57 Å². The highest BCUT2D eigenvalue weighted by Gasteiger charge is 2.19. The zero-order chi connectivity index (χ0) is 13.7. The van der Waals surface area contributed by atoms with Crippen LogP contribution in [0.2, 0.25) is 5.02 Å². The highest BCUT2D eigenvalue weighted by molar-refractivity contribution is 14.1. The van der Waals surface area contributed by atoms with Crippen LogP contribution in [0.5, 0.6) is 0 Å². The first-order chi connectivity index (χ1) is 8.45. The van der Waals surface area contributed by atoms with E-state index in [0.29, 0.717) is 5.02 Å². The van der Waals surface area contributed by atoms with Crippen molar-refractivity contribution in [3.05, 3.63) is 32.4 Å². The number of rotatable bonds is 5. The average molecular weight is 408 g/mol. The van der Waals surface area contributed by atoms with Gasteiger partial charge >= 0.3 is 0 Å². The Morgan fingerprint density at radius 1 is 1.44 bits per heavy atom. The van der Waals surface area contributed by atoms with Gasteiger partial charge in [-0.2, -0.15) is 0 Å². The zero-order valence-corrected chi connectivity index (χ0v) is 12.8. The Bertz CT molecular complexity index is 432. The van der Waals surface area contributed by atoms with Crippen LogP contribution in [0.4, 0.5) is 8.78 Å². The molecule has 0 unspecified atom stereocenters. The number of halogens is 5. The van der Waals surface area contributed by atoms with E-state index in [1.54, 1.807) is 12.1 Å². The van der Waals surface area contributed by atoms with Gasteiger partial charge in [-0.25, -0.2) is 8.78 Å². The van der Waals surface area contributed by atoms with Crippen LogP contribution in [-0.4, -0.2) is 36.2 Å². The largest absolute Gasteiger partial charge is 0.332 e. The average Bonchev–Trinajstić information content (AvgIpc) is 2.31. The SMILES string of the molecule is O=C(c1ccc(I)c(Cl)c1)N(CCCl)CC(F)F. The number of carbonyl (C=O) groups excluding carboxylic acids is 1. The van der Waals surface area contributed by atoms with Gasteiger partial charge in [0, 0.05) is 21.6 Å². The summed E-state index contributed by atoms with van der Waals surface area (Å²) in [7, 11) is 0. The summed E-state index contributed by atoms with van der Waals surface area (Å²) in [5.41, 5.74) is 0.284. The number of alkyl halides is 3. The maximum absolute atomic E-state index is 12.4. The third kappa shape index (κ3) is 4.51. The third-order valence-corrected chi connectivity index (χ3v) is 3.91. The molecule has 0 aliphatic heterocycles. The normalized spacial score (nSPS) is 10.8. The number of nitrogens with zero attached hydrogens (tertiary/aromatic N) is 1. The Morgan fingerprint density at radius 3 is 2.61 bits per heavy atom. The Morgan fingerprint density at radius 2 is 2.11 bits per heavy atom. The van der Waals surface area contributed by atoms with E-state index >= 15 is 0 Å². The maximum atomic E-state index is 12.4. The van der Waals surface area contributed by atoms with E-state index in [4.69, 9.17) is 23.2 Å². The van der Waals surface area contributed by atoms with Gasteiger partial charge in [-0.05, 0) is 40.8 Å². The molecule has 1 aromatic carbocycles. The van der Waals surface area contributed by atoms with Gasteiger partial charge in [0.1, 0.15) is 0 Å². The Balaban J connectivity index is 2.90. The first-order valence-corrected chi connectivity index (χ1v) is 7.03. The number of amides is 1. The molecule has 0 spiro atoms. The van der Waals surface area contributed by atoms with Gasteiger partial charge < -0.3 is 4.90 Å². The lowest BCUT2D eigenvalue weighted by Crippen LogP contribution is -2.36. The highest BCUT2D eigenvalue weighted by Crippen LogP contribution is 2.20. The molecule has 0 atom stereocenters. The van der Waals surface area contributed by atoms with E-state index in [1.807, 2.05) is 22.6 Å². The molecule has 0 heterocycles. The fraction of sp³-hybridized carbons (Fsp3) is 0.364. The van der Waals surface area contributed by atoms with E-state index in [9.17, 15) is 13.6 Å². The molecule has 0 aliphatic rings. The molecular weight excluding hydrogens is 398 g/mol. The minimum Gasteiger partial charge on any atom is -0.332 e. The number of hydrogen-bond acceptors (Lipinski definition) is 1. The summed E-state index contributed by atoms with van der Waals surface area (Å²) in [6, 6.07) is 4.69. The maximum Gasteiger partial charge on any atom is 0.255 e. The summed E-state index contributed by atoms with van der Waals surface area (Å²) >= 11 is 13.4. The van der Waals surface area contributed by atoms with Crippen molar-refractivity contribution in [2.75, 3.05) is 19.0 Å². The van der Waals surface area contributed by atoms with E-state index in [1.165, 1.54) is 6.07 Å². The summed E-state index contributed by atoms with van der Waals surface area (Å²) in [5.74, 6) is -0.384. The standard InChI is InChI=1S/C11H10Cl2F2INO/c12-3-4-17(6-10(14)15)11(18)7-1-2-9(16)8(13)5-7/h1-2,5,10H,3-4,6H2. The van der Waals surface area contributed by atoms with Crippen LogP contribution in [0.3, 0.4) is 0 Å². The van der Waals surface area contributed by atoms with E-state index in [-0.39, 0.29) is 18.0 Å². The quantitative estimate of drug-likeness (QED) is 0.535. The van der Waals surface area contributed by atoms with Crippen LogP contribution < -0.4 is 0 Å². The number of hydrogen-bond donors (Lipinski definition) is 0. The summed E-state index contributed by atoms with van der Waals surface area (Å²) in [6.07, 6.45) is -2.59. The molecule has 100 valence electrons. The highest BCUT2D eigenvalue weighted by atomic mass is 127. The van der Waals surface area contributed by atoms with Crippen molar-refractivity contribution < 1.29 is 13.6 Å². The van der Waals surface area contributed by atoms with Crippen molar-refractivity contribution in [3.63, 3.8) is 0 Å². The van der Waals surface area contributed by atoms with Crippen molar-refractivity contribution in [3.8, 4) is 0 Å². The predicted molar refractivity (Wildman–Crippen MR) is 76.8 cm³/mol.